The number of nitrogens with zero attached hydrogens (tertiary/aromatic N) is 4. The van der Waals surface area contributed by atoms with Crippen molar-refractivity contribution in [1.82, 2.24) is 14.3 Å². The minimum atomic E-state index is -0.346. The Labute approximate surface area is 130 Å². The number of hydrogen-bond acceptors (Lipinski definition) is 3. The molecule has 0 spiro atoms. The van der Waals surface area contributed by atoms with E-state index in [4.69, 9.17) is 11.6 Å². The van der Waals surface area contributed by atoms with Crippen LogP contribution >= 0.6 is 22.9 Å². The van der Waals surface area contributed by atoms with E-state index < -0.39 is 0 Å². The topological polar surface area (TPSA) is 52.2 Å². The zero-order valence-corrected chi connectivity index (χ0v) is 13.4. The van der Waals surface area contributed by atoms with Crippen LogP contribution in [0.1, 0.15) is 16.1 Å². The summed E-state index contributed by atoms with van der Waals surface area (Å²) in [6.45, 7) is 1.99. The van der Waals surface area contributed by atoms with Gasteiger partial charge in [-0.05, 0) is 30.7 Å². The second kappa shape index (κ2) is 5.13. The van der Waals surface area contributed by atoms with Crippen molar-refractivity contribution in [3.63, 3.8) is 0 Å². The average Bonchev–Trinajstić information content (AvgIpc) is 2.94. The van der Waals surface area contributed by atoms with E-state index in [-0.39, 0.29) is 5.91 Å². The summed E-state index contributed by atoms with van der Waals surface area (Å²) in [4.78, 5) is 16.9. The highest BCUT2D eigenvalue weighted by Crippen LogP contribution is 2.25. The predicted molar refractivity (Wildman–Crippen MR) is 83.6 cm³/mol. The highest BCUT2D eigenvalue weighted by Gasteiger charge is 2.11. The highest BCUT2D eigenvalue weighted by atomic mass is 35.5. The van der Waals surface area contributed by atoms with E-state index in [2.05, 4.69) is 10.1 Å². The summed E-state index contributed by atoms with van der Waals surface area (Å²) < 4.78 is 4.50. The number of halogens is 1. The second-order valence-corrected chi connectivity index (χ2v) is 6.25. The summed E-state index contributed by atoms with van der Waals surface area (Å²) in [5.74, 6) is -0.346. The lowest BCUT2D eigenvalue weighted by atomic mass is 10.2. The molecule has 0 bridgehead atoms. The number of aromatic nitrogens is 3. The molecule has 0 atom stereocenters. The fourth-order valence-electron chi connectivity index (χ4n) is 2.25. The summed E-state index contributed by atoms with van der Waals surface area (Å²) in [6, 6.07) is 5.45. The van der Waals surface area contributed by atoms with Crippen LogP contribution in [0.15, 0.2) is 29.4 Å². The molecular weight excluding hydrogens is 308 g/mol. The molecule has 0 aliphatic heterocycles. The van der Waals surface area contributed by atoms with Crippen LogP contribution in [0, 0.1) is 6.92 Å². The molecule has 2 heterocycles. The first-order valence-electron chi connectivity index (χ1n) is 6.30. The van der Waals surface area contributed by atoms with E-state index in [1.165, 1.54) is 11.3 Å². The van der Waals surface area contributed by atoms with Gasteiger partial charge in [0.2, 0.25) is 0 Å². The van der Waals surface area contributed by atoms with E-state index in [1.54, 1.807) is 24.0 Å². The Morgan fingerprint density at radius 1 is 1.38 bits per heavy atom. The van der Waals surface area contributed by atoms with Crippen molar-refractivity contribution < 1.29 is 4.79 Å². The second-order valence-electron chi connectivity index (χ2n) is 4.80. The quantitative estimate of drug-likeness (QED) is 0.692. The lowest BCUT2D eigenvalue weighted by Crippen LogP contribution is -2.14. The Kier molecular flexibility index (Phi) is 3.43. The average molecular weight is 321 g/mol. The molecule has 108 valence electrons. The molecule has 3 aromatic rings. The predicted octanol–water partition coefficient (Wildman–Crippen LogP) is 2.68. The fraction of sp³-hybridized carbons (Fsp3) is 0.214. The number of rotatable bonds is 1. The van der Waals surface area contributed by atoms with Gasteiger partial charge in [-0.1, -0.05) is 22.9 Å². The molecule has 0 N–H and O–H groups in total. The Balaban J connectivity index is 2.16. The molecule has 0 aliphatic rings. The van der Waals surface area contributed by atoms with Crippen molar-refractivity contribution in [3.05, 3.63) is 45.5 Å². The number of benzene rings is 1. The molecule has 1 amide bonds. The van der Waals surface area contributed by atoms with Crippen molar-refractivity contribution in [2.45, 2.75) is 6.92 Å². The van der Waals surface area contributed by atoms with Crippen molar-refractivity contribution in [2.75, 3.05) is 0 Å². The van der Waals surface area contributed by atoms with Gasteiger partial charge in [-0.15, -0.1) is 0 Å². The molecule has 0 radical (unpaired) electrons. The van der Waals surface area contributed by atoms with Crippen LogP contribution in [-0.4, -0.2) is 20.3 Å². The van der Waals surface area contributed by atoms with E-state index in [1.807, 2.05) is 30.7 Å². The molecule has 0 unspecified atom stereocenters. The van der Waals surface area contributed by atoms with Crippen LogP contribution in [0.3, 0.4) is 0 Å². The molecule has 5 nitrogen and oxygen atoms in total. The van der Waals surface area contributed by atoms with Gasteiger partial charge in [-0.25, -0.2) is 0 Å². The number of aryl methyl sites for hydroxylation is 3. The summed E-state index contributed by atoms with van der Waals surface area (Å²) in [5.41, 5.74) is 2.43. The van der Waals surface area contributed by atoms with Gasteiger partial charge in [0.15, 0.2) is 10.5 Å². The first-order valence-corrected chi connectivity index (χ1v) is 7.49. The highest BCUT2D eigenvalue weighted by molar-refractivity contribution is 7.16. The molecule has 21 heavy (non-hydrogen) atoms. The van der Waals surface area contributed by atoms with Crippen LogP contribution in [0.25, 0.3) is 10.2 Å². The van der Waals surface area contributed by atoms with Gasteiger partial charge in [-0.3, -0.25) is 9.48 Å². The minimum Gasteiger partial charge on any atom is -0.319 e. The number of fused-ring (bicyclic) bond motifs is 1. The van der Waals surface area contributed by atoms with E-state index >= 15 is 0 Å². The van der Waals surface area contributed by atoms with E-state index in [0.29, 0.717) is 15.5 Å². The molecule has 7 heteroatoms. The Bertz CT molecular complexity index is 919. The molecule has 0 fully saturated rings. The van der Waals surface area contributed by atoms with Gasteiger partial charge in [-0.2, -0.15) is 10.1 Å². The monoisotopic (exact) mass is 320 g/mol. The summed E-state index contributed by atoms with van der Waals surface area (Å²) in [5, 5.41) is 4.75. The van der Waals surface area contributed by atoms with Gasteiger partial charge in [0.1, 0.15) is 0 Å². The molecule has 3 rings (SSSR count). The van der Waals surface area contributed by atoms with Gasteiger partial charge in [0.05, 0.1) is 10.2 Å². The summed E-state index contributed by atoms with van der Waals surface area (Å²) >= 11 is 7.52. The third-order valence-electron chi connectivity index (χ3n) is 3.18. The van der Waals surface area contributed by atoms with Crippen LogP contribution in [-0.2, 0) is 14.1 Å². The number of carbonyl (C=O) groups is 1. The molecule has 2 aromatic heterocycles. The van der Waals surface area contributed by atoms with Crippen LogP contribution in [0.5, 0.6) is 0 Å². The maximum absolute atomic E-state index is 12.1. The first kappa shape index (κ1) is 14.0. The summed E-state index contributed by atoms with van der Waals surface area (Å²) in [7, 11) is 3.66. The van der Waals surface area contributed by atoms with Gasteiger partial charge >= 0.3 is 0 Å². The van der Waals surface area contributed by atoms with E-state index in [0.717, 1.165) is 15.8 Å². The van der Waals surface area contributed by atoms with Gasteiger partial charge in [0.25, 0.3) is 5.91 Å². The van der Waals surface area contributed by atoms with Gasteiger partial charge < -0.3 is 4.57 Å². The lowest BCUT2D eigenvalue weighted by molar-refractivity contribution is 0.0992. The van der Waals surface area contributed by atoms with Crippen molar-refractivity contribution in [2.24, 2.45) is 19.1 Å². The van der Waals surface area contributed by atoms with Crippen LogP contribution in [0.2, 0.25) is 5.02 Å². The third kappa shape index (κ3) is 2.52. The van der Waals surface area contributed by atoms with Crippen molar-refractivity contribution in [3.8, 4) is 0 Å². The van der Waals surface area contributed by atoms with Gasteiger partial charge in [0, 0.05) is 25.3 Å². The lowest BCUT2D eigenvalue weighted by Gasteiger charge is -2.00. The van der Waals surface area contributed by atoms with Crippen LogP contribution < -0.4 is 4.80 Å². The van der Waals surface area contributed by atoms with E-state index in [9.17, 15) is 4.79 Å². The molecule has 0 aliphatic carbocycles. The van der Waals surface area contributed by atoms with Crippen LogP contribution in [0.4, 0.5) is 0 Å². The Hall–Kier alpha value is -1.92. The summed E-state index contributed by atoms with van der Waals surface area (Å²) in [6.07, 6.45) is 1.72. The molecule has 0 saturated carbocycles. The van der Waals surface area contributed by atoms with Crippen molar-refractivity contribution in [1.29, 1.82) is 0 Å². The maximum atomic E-state index is 12.1. The first-order chi connectivity index (χ1) is 9.95. The molecular formula is C14H13ClN4OS. The molecule has 1 aromatic carbocycles. The zero-order chi connectivity index (χ0) is 15.1. The standard InChI is InChI=1S/C14H13ClN4OS/c1-8-6-9(15)7-11-12(8)19(3)14(21-11)16-13(20)10-4-5-18(2)17-10/h4-7H,1-3H3. The largest absolute Gasteiger partial charge is 0.319 e. The number of hydrogen-bond donors (Lipinski definition) is 0. The minimum absolute atomic E-state index is 0.338. The Morgan fingerprint density at radius 3 is 2.81 bits per heavy atom. The Morgan fingerprint density at radius 2 is 2.14 bits per heavy atom. The number of amides is 1. The molecule has 0 saturated heterocycles. The smallest absolute Gasteiger partial charge is 0.300 e. The number of carbonyl (C=O) groups excluding carboxylic acids is 1. The fourth-order valence-corrected chi connectivity index (χ4v) is 3.72. The third-order valence-corrected chi connectivity index (χ3v) is 4.48. The van der Waals surface area contributed by atoms with Crippen molar-refractivity contribution >= 4 is 39.1 Å². The SMILES string of the molecule is Cc1cc(Cl)cc2sc(=NC(=O)c3ccn(C)n3)n(C)c12. The number of thiazole rings is 1. The zero-order valence-electron chi connectivity index (χ0n) is 11.8. The normalized spacial score (nSPS) is 12.3. The maximum Gasteiger partial charge on any atom is 0.300 e.